The normalized spacial score (nSPS) is 10.5. The number of benzene rings is 2. The number of ether oxygens (including phenoxy) is 2. The highest BCUT2D eigenvalue weighted by Crippen LogP contribution is 2.35. The maximum absolute atomic E-state index is 13.3. The average Bonchev–Trinajstić information content (AvgIpc) is 3.14. The number of carbonyl (C=O) groups is 2. The second-order valence-electron chi connectivity index (χ2n) is 6.72. The molecule has 1 heterocycles. The number of hydrogen-bond donors (Lipinski definition) is 1. The lowest BCUT2D eigenvalue weighted by atomic mass is 10.2. The Morgan fingerprint density at radius 3 is 2.55 bits per heavy atom. The molecule has 1 aromatic heterocycles. The predicted octanol–water partition coefficient (Wildman–Crippen LogP) is 3.99. The molecule has 0 aliphatic carbocycles. The number of likely N-dealkylation sites (N-methyl/N-ethyl adjacent to an activating group) is 1. The maximum atomic E-state index is 13.3. The molecule has 0 atom stereocenters. The monoisotopic (exact) mass is 443 g/mol. The van der Waals surface area contributed by atoms with E-state index in [2.05, 4.69) is 10.3 Å². The van der Waals surface area contributed by atoms with Crippen molar-refractivity contribution in [1.82, 2.24) is 9.88 Å². The van der Waals surface area contributed by atoms with E-state index in [0.717, 1.165) is 5.56 Å². The van der Waals surface area contributed by atoms with E-state index in [1.807, 2.05) is 6.07 Å². The van der Waals surface area contributed by atoms with Gasteiger partial charge in [-0.15, -0.1) is 11.3 Å². The van der Waals surface area contributed by atoms with Gasteiger partial charge in [0.05, 0.1) is 26.5 Å². The van der Waals surface area contributed by atoms with Crippen LogP contribution in [0.25, 0.3) is 10.6 Å². The number of rotatable bonds is 7. The van der Waals surface area contributed by atoms with Crippen molar-refractivity contribution in [2.75, 3.05) is 33.1 Å². The minimum atomic E-state index is -0.454. The summed E-state index contributed by atoms with van der Waals surface area (Å²) < 4.78 is 23.9. The fourth-order valence-corrected chi connectivity index (χ4v) is 3.97. The summed E-state index contributed by atoms with van der Waals surface area (Å²) in [7, 11) is 4.64. The van der Waals surface area contributed by atoms with E-state index in [1.54, 1.807) is 39.3 Å². The van der Waals surface area contributed by atoms with Crippen LogP contribution in [0, 0.1) is 12.7 Å². The minimum absolute atomic E-state index is 0.182. The standard InChI is InChI=1S/C22H22FN3O4S/c1-13-20(31-21(24-13)14-8-9-17(29-3)18(10-14)30-4)22(28)26(2)12-19(27)25-16-7-5-6-15(23)11-16/h5-11H,12H2,1-4H3,(H,25,27). The number of aryl methyl sites for hydroxylation is 1. The van der Waals surface area contributed by atoms with Gasteiger partial charge in [0.2, 0.25) is 5.91 Å². The lowest BCUT2D eigenvalue weighted by Crippen LogP contribution is -2.34. The Labute approximate surface area is 183 Å². The molecule has 1 N–H and O–H groups in total. The van der Waals surface area contributed by atoms with Crippen molar-refractivity contribution in [1.29, 1.82) is 0 Å². The SMILES string of the molecule is COc1ccc(-c2nc(C)c(C(=O)N(C)CC(=O)Nc3cccc(F)c3)s2)cc1OC. The molecule has 0 unspecified atom stereocenters. The van der Waals surface area contributed by atoms with E-state index in [1.165, 1.54) is 41.5 Å². The molecule has 0 fully saturated rings. The number of methoxy groups -OCH3 is 2. The molecule has 3 aromatic rings. The highest BCUT2D eigenvalue weighted by molar-refractivity contribution is 7.17. The number of hydrogen-bond acceptors (Lipinski definition) is 6. The first-order valence-electron chi connectivity index (χ1n) is 9.33. The lowest BCUT2D eigenvalue weighted by Gasteiger charge is -2.16. The molecule has 9 heteroatoms. The van der Waals surface area contributed by atoms with Gasteiger partial charge in [-0.3, -0.25) is 9.59 Å². The average molecular weight is 444 g/mol. The number of nitrogens with zero attached hydrogens (tertiary/aromatic N) is 2. The van der Waals surface area contributed by atoms with Gasteiger partial charge in [0.15, 0.2) is 11.5 Å². The Balaban J connectivity index is 1.73. The Kier molecular flexibility index (Phi) is 6.86. The molecule has 162 valence electrons. The van der Waals surface area contributed by atoms with E-state index in [0.29, 0.717) is 32.8 Å². The Bertz CT molecular complexity index is 1120. The molecule has 0 saturated heterocycles. The number of nitrogens with one attached hydrogen (secondary N) is 1. The fraction of sp³-hybridized carbons (Fsp3) is 0.227. The number of carbonyl (C=O) groups excluding carboxylic acids is 2. The Morgan fingerprint density at radius 2 is 1.87 bits per heavy atom. The number of amides is 2. The van der Waals surface area contributed by atoms with Crippen molar-refractivity contribution in [2.45, 2.75) is 6.92 Å². The summed E-state index contributed by atoms with van der Waals surface area (Å²) >= 11 is 1.23. The lowest BCUT2D eigenvalue weighted by molar-refractivity contribution is -0.116. The minimum Gasteiger partial charge on any atom is -0.493 e. The van der Waals surface area contributed by atoms with Crippen LogP contribution in [0.2, 0.25) is 0 Å². The van der Waals surface area contributed by atoms with Crippen molar-refractivity contribution in [3.05, 3.63) is 58.9 Å². The summed E-state index contributed by atoms with van der Waals surface area (Å²) in [4.78, 5) is 31.4. The van der Waals surface area contributed by atoms with Gasteiger partial charge >= 0.3 is 0 Å². The topological polar surface area (TPSA) is 80.8 Å². The summed E-state index contributed by atoms with van der Waals surface area (Å²) in [6.45, 7) is 1.56. The first-order chi connectivity index (χ1) is 14.8. The summed E-state index contributed by atoms with van der Waals surface area (Å²) in [6, 6.07) is 11.0. The highest BCUT2D eigenvalue weighted by Gasteiger charge is 2.22. The molecular weight excluding hydrogens is 421 g/mol. The Hall–Kier alpha value is -3.46. The number of anilines is 1. The van der Waals surface area contributed by atoms with Crippen LogP contribution < -0.4 is 14.8 Å². The zero-order chi connectivity index (χ0) is 22.5. The summed E-state index contributed by atoms with van der Waals surface area (Å²) in [5, 5.41) is 3.23. The van der Waals surface area contributed by atoms with Crippen LogP contribution in [0.15, 0.2) is 42.5 Å². The molecule has 2 aromatic carbocycles. The van der Waals surface area contributed by atoms with Crippen LogP contribution >= 0.6 is 11.3 Å². The first-order valence-corrected chi connectivity index (χ1v) is 10.1. The van der Waals surface area contributed by atoms with Crippen molar-refractivity contribution < 1.29 is 23.5 Å². The summed E-state index contributed by atoms with van der Waals surface area (Å²) in [6.07, 6.45) is 0. The molecule has 7 nitrogen and oxygen atoms in total. The molecule has 31 heavy (non-hydrogen) atoms. The molecule has 0 spiro atoms. The molecule has 0 bridgehead atoms. The fourth-order valence-electron chi connectivity index (χ4n) is 2.91. The zero-order valence-electron chi connectivity index (χ0n) is 17.6. The summed E-state index contributed by atoms with van der Waals surface area (Å²) in [5.74, 6) is -0.0446. The summed E-state index contributed by atoms with van der Waals surface area (Å²) in [5.41, 5.74) is 1.68. The van der Waals surface area contributed by atoms with Crippen LogP contribution in [0.5, 0.6) is 11.5 Å². The van der Waals surface area contributed by atoms with Crippen molar-refractivity contribution in [3.63, 3.8) is 0 Å². The third kappa shape index (κ3) is 5.18. The molecule has 0 saturated carbocycles. The van der Waals surface area contributed by atoms with Crippen LogP contribution in [-0.4, -0.2) is 49.5 Å². The van der Waals surface area contributed by atoms with E-state index >= 15 is 0 Å². The molecular formula is C22H22FN3O4S. The molecule has 0 aliphatic heterocycles. The number of halogens is 1. The molecule has 0 radical (unpaired) electrons. The first kappa shape index (κ1) is 22.2. The largest absolute Gasteiger partial charge is 0.493 e. The van der Waals surface area contributed by atoms with Gasteiger partial charge in [-0.2, -0.15) is 0 Å². The third-order valence-electron chi connectivity index (χ3n) is 4.46. The van der Waals surface area contributed by atoms with Gasteiger partial charge in [-0.25, -0.2) is 9.37 Å². The highest BCUT2D eigenvalue weighted by atomic mass is 32.1. The van der Waals surface area contributed by atoms with E-state index in [4.69, 9.17) is 9.47 Å². The predicted molar refractivity (Wildman–Crippen MR) is 117 cm³/mol. The molecule has 0 aliphatic rings. The Morgan fingerprint density at radius 1 is 1.13 bits per heavy atom. The van der Waals surface area contributed by atoms with Crippen LogP contribution in [-0.2, 0) is 4.79 Å². The van der Waals surface area contributed by atoms with Gasteiger partial charge in [0.25, 0.3) is 5.91 Å². The zero-order valence-corrected chi connectivity index (χ0v) is 18.4. The van der Waals surface area contributed by atoms with E-state index in [9.17, 15) is 14.0 Å². The second-order valence-corrected chi connectivity index (χ2v) is 7.72. The van der Waals surface area contributed by atoms with Crippen molar-refractivity contribution in [2.24, 2.45) is 0 Å². The molecule has 2 amide bonds. The van der Waals surface area contributed by atoms with Gasteiger partial charge in [-0.05, 0) is 43.3 Å². The number of aromatic nitrogens is 1. The van der Waals surface area contributed by atoms with Gasteiger partial charge in [0.1, 0.15) is 15.7 Å². The van der Waals surface area contributed by atoms with Gasteiger partial charge in [-0.1, -0.05) is 6.07 Å². The quantitative estimate of drug-likeness (QED) is 0.597. The maximum Gasteiger partial charge on any atom is 0.266 e. The number of thiazole rings is 1. The third-order valence-corrected chi connectivity index (χ3v) is 5.65. The van der Waals surface area contributed by atoms with Gasteiger partial charge in [0, 0.05) is 18.3 Å². The molecule has 3 rings (SSSR count). The second kappa shape index (κ2) is 9.57. The smallest absolute Gasteiger partial charge is 0.266 e. The van der Waals surface area contributed by atoms with Gasteiger partial charge < -0.3 is 19.7 Å². The van der Waals surface area contributed by atoms with E-state index in [-0.39, 0.29) is 12.5 Å². The van der Waals surface area contributed by atoms with Crippen LogP contribution in [0.4, 0.5) is 10.1 Å². The van der Waals surface area contributed by atoms with Crippen molar-refractivity contribution in [3.8, 4) is 22.1 Å². The van der Waals surface area contributed by atoms with Crippen LogP contribution in [0.3, 0.4) is 0 Å². The van der Waals surface area contributed by atoms with Crippen molar-refractivity contribution >= 4 is 28.8 Å². The van der Waals surface area contributed by atoms with E-state index < -0.39 is 11.7 Å². The van der Waals surface area contributed by atoms with Crippen LogP contribution in [0.1, 0.15) is 15.4 Å².